The second-order valence-electron chi connectivity index (χ2n) is 6.77. The molecule has 1 aliphatic heterocycles. The molecule has 0 unspecified atom stereocenters. The van der Waals surface area contributed by atoms with Gasteiger partial charge in [0.1, 0.15) is 5.75 Å². The third kappa shape index (κ3) is 5.44. The number of nitrogens with zero attached hydrogens (tertiary/aromatic N) is 2. The lowest BCUT2D eigenvalue weighted by atomic mass is 10.3. The highest BCUT2D eigenvalue weighted by Gasteiger charge is 2.30. The van der Waals surface area contributed by atoms with Crippen LogP contribution in [0.5, 0.6) is 17.2 Å². The smallest absolute Gasteiger partial charge is 0.243 e. The summed E-state index contributed by atoms with van der Waals surface area (Å²) >= 11 is 1.45. The lowest BCUT2D eigenvalue weighted by Crippen LogP contribution is -2.50. The maximum atomic E-state index is 13.0. The zero-order valence-corrected chi connectivity index (χ0v) is 19.4. The van der Waals surface area contributed by atoms with Crippen LogP contribution in [0.25, 0.3) is 0 Å². The highest BCUT2D eigenvalue weighted by molar-refractivity contribution is 8.00. The van der Waals surface area contributed by atoms with Crippen LogP contribution in [0.1, 0.15) is 0 Å². The summed E-state index contributed by atoms with van der Waals surface area (Å²) in [6, 6.07) is 12.0. The van der Waals surface area contributed by atoms with E-state index in [9.17, 15) is 13.2 Å². The molecule has 1 aliphatic rings. The van der Waals surface area contributed by atoms with Gasteiger partial charge < -0.3 is 19.1 Å². The number of thioether (sulfide) groups is 1. The molecule has 0 radical (unpaired) electrons. The predicted octanol–water partition coefficient (Wildman–Crippen LogP) is 2.34. The van der Waals surface area contributed by atoms with E-state index < -0.39 is 10.0 Å². The Labute approximate surface area is 187 Å². The highest BCUT2D eigenvalue weighted by Crippen LogP contribution is 2.31. The second-order valence-corrected chi connectivity index (χ2v) is 9.75. The van der Waals surface area contributed by atoms with Gasteiger partial charge in [0.15, 0.2) is 11.5 Å². The van der Waals surface area contributed by atoms with Crippen molar-refractivity contribution in [2.75, 3.05) is 53.3 Å². The van der Waals surface area contributed by atoms with E-state index >= 15 is 0 Å². The van der Waals surface area contributed by atoms with E-state index in [0.717, 1.165) is 10.6 Å². The molecule has 0 atom stereocenters. The third-order valence-corrected chi connectivity index (χ3v) is 7.90. The summed E-state index contributed by atoms with van der Waals surface area (Å²) < 4.78 is 42.9. The van der Waals surface area contributed by atoms with Crippen LogP contribution in [0.3, 0.4) is 0 Å². The Bertz CT molecular complexity index is 1000. The Hall–Kier alpha value is -2.43. The van der Waals surface area contributed by atoms with Crippen molar-refractivity contribution < 1.29 is 27.4 Å². The topological polar surface area (TPSA) is 85.4 Å². The van der Waals surface area contributed by atoms with Gasteiger partial charge in [-0.2, -0.15) is 4.31 Å². The molecule has 1 amide bonds. The number of ether oxygens (including phenoxy) is 3. The van der Waals surface area contributed by atoms with Gasteiger partial charge in [0.25, 0.3) is 0 Å². The number of rotatable bonds is 8. The molecule has 31 heavy (non-hydrogen) atoms. The molecule has 0 bridgehead atoms. The van der Waals surface area contributed by atoms with Gasteiger partial charge in [-0.1, -0.05) is 0 Å². The summed E-state index contributed by atoms with van der Waals surface area (Å²) in [7, 11) is 0.876. The van der Waals surface area contributed by atoms with E-state index in [1.54, 1.807) is 18.1 Å². The predicted molar refractivity (Wildman–Crippen MR) is 119 cm³/mol. The number of benzene rings is 2. The largest absolute Gasteiger partial charge is 0.497 e. The lowest BCUT2D eigenvalue weighted by Gasteiger charge is -2.34. The number of carbonyl (C=O) groups is 1. The monoisotopic (exact) mass is 466 g/mol. The minimum Gasteiger partial charge on any atom is -0.497 e. The van der Waals surface area contributed by atoms with Gasteiger partial charge in [0, 0.05) is 37.1 Å². The molecule has 0 saturated carbocycles. The first kappa shape index (κ1) is 23.2. The number of sulfonamides is 1. The molecule has 1 saturated heterocycles. The SMILES string of the molecule is COc1ccc(SCC(=O)N2CCN(S(=O)(=O)c3ccc(OC)c(OC)c3)CC2)cc1. The van der Waals surface area contributed by atoms with Crippen LogP contribution in [0.2, 0.25) is 0 Å². The van der Waals surface area contributed by atoms with Gasteiger partial charge in [-0.25, -0.2) is 8.42 Å². The first-order valence-electron chi connectivity index (χ1n) is 9.66. The van der Waals surface area contributed by atoms with Gasteiger partial charge in [-0.05, 0) is 36.4 Å². The van der Waals surface area contributed by atoms with Crippen LogP contribution < -0.4 is 14.2 Å². The summed E-state index contributed by atoms with van der Waals surface area (Å²) in [6.07, 6.45) is 0. The number of hydrogen-bond donors (Lipinski definition) is 0. The fraction of sp³-hybridized carbons (Fsp3) is 0.381. The second kappa shape index (κ2) is 10.3. The zero-order chi connectivity index (χ0) is 22.4. The lowest BCUT2D eigenvalue weighted by molar-refractivity contribution is -0.129. The van der Waals surface area contributed by atoms with Crippen LogP contribution in [0, 0.1) is 0 Å². The van der Waals surface area contributed by atoms with Crippen molar-refractivity contribution >= 4 is 27.7 Å². The van der Waals surface area contributed by atoms with Gasteiger partial charge in [-0.3, -0.25) is 4.79 Å². The molecular formula is C21H26N2O6S2. The maximum Gasteiger partial charge on any atom is 0.243 e. The molecule has 0 N–H and O–H groups in total. The van der Waals surface area contributed by atoms with Gasteiger partial charge in [0.2, 0.25) is 15.9 Å². The van der Waals surface area contributed by atoms with Crippen LogP contribution in [-0.4, -0.2) is 76.8 Å². The van der Waals surface area contributed by atoms with Crippen molar-refractivity contribution in [3.63, 3.8) is 0 Å². The first-order valence-corrected chi connectivity index (χ1v) is 12.1. The Morgan fingerprint density at radius 1 is 0.903 bits per heavy atom. The van der Waals surface area contributed by atoms with Crippen molar-refractivity contribution in [1.82, 2.24) is 9.21 Å². The van der Waals surface area contributed by atoms with E-state index in [1.807, 2.05) is 24.3 Å². The Balaban J connectivity index is 1.57. The number of carbonyl (C=O) groups excluding carboxylic acids is 1. The first-order chi connectivity index (χ1) is 14.9. The minimum absolute atomic E-state index is 0.0102. The van der Waals surface area contributed by atoms with Gasteiger partial charge in [-0.15, -0.1) is 11.8 Å². The summed E-state index contributed by atoms with van der Waals surface area (Å²) in [5.41, 5.74) is 0. The average molecular weight is 467 g/mol. The summed E-state index contributed by atoms with van der Waals surface area (Å²) in [5, 5.41) is 0. The van der Waals surface area contributed by atoms with Crippen LogP contribution in [-0.2, 0) is 14.8 Å². The number of amides is 1. The fourth-order valence-electron chi connectivity index (χ4n) is 3.21. The summed E-state index contributed by atoms with van der Waals surface area (Å²) in [5.74, 6) is 1.88. The number of piperazine rings is 1. The molecule has 10 heteroatoms. The quantitative estimate of drug-likeness (QED) is 0.552. The maximum absolute atomic E-state index is 13.0. The van der Waals surface area contributed by atoms with E-state index in [0.29, 0.717) is 30.3 Å². The summed E-state index contributed by atoms with van der Waals surface area (Å²) in [6.45, 7) is 1.20. The van der Waals surface area contributed by atoms with Crippen LogP contribution >= 0.6 is 11.8 Å². The molecule has 8 nitrogen and oxygen atoms in total. The Morgan fingerprint density at radius 2 is 1.55 bits per heavy atom. The van der Waals surface area contributed by atoms with Crippen molar-refractivity contribution in [1.29, 1.82) is 0 Å². The summed E-state index contributed by atoms with van der Waals surface area (Å²) in [4.78, 5) is 15.4. The van der Waals surface area contributed by atoms with E-state index in [2.05, 4.69) is 0 Å². The molecule has 0 aliphatic carbocycles. The Morgan fingerprint density at radius 3 is 2.13 bits per heavy atom. The molecule has 2 aromatic rings. The Kier molecular flexibility index (Phi) is 7.69. The minimum atomic E-state index is -3.69. The molecular weight excluding hydrogens is 440 g/mol. The molecule has 2 aromatic carbocycles. The van der Waals surface area contributed by atoms with E-state index in [-0.39, 0.29) is 23.9 Å². The standard InChI is InChI=1S/C21H26N2O6S2/c1-27-16-4-6-17(7-5-16)30-15-21(24)22-10-12-23(13-11-22)31(25,26)18-8-9-19(28-2)20(14-18)29-3/h4-9,14H,10-13,15H2,1-3H3. The van der Waals surface area contributed by atoms with E-state index in [1.165, 1.54) is 42.4 Å². The van der Waals surface area contributed by atoms with Crippen molar-refractivity contribution in [2.45, 2.75) is 9.79 Å². The number of hydrogen-bond acceptors (Lipinski definition) is 7. The third-order valence-electron chi connectivity index (χ3n) is 5.01. The fourth-order valence-corrected chi connectivity index (χ4v) is 5.45. The van der Waals surface area contributed by atoms with Crippen molar-refractivity contribution in [3.8, 4) is 17.2 Å². The van der Waals surface area contributed by atoms with E-state index in [4.69, 9.17) is 14.2 Å². The number of methoxy groups -OCH3 is 3. The van der Waals surface area contributed by atoms with Crippen molar-refractivity contribution in [2.24, 2.45) is 0 Å². The van der Waals surface area contributed by atoms with Gasteiger partial charge in [0.05, 0.1) is 32.0 Å². The molecule has 0 spiro atoms. The van der Waals surface area contributed by atoms with Gasteiger partial charge >= 0.3 is 0 Å². The average Bonchev–Trinajstić information content (AvgIpc) is 2.82. The molecule has 168 valence electrons. The normalized spacial score (nSPS) is 14.9. The van der Waals surface area contributed by atoms with Crippen LogP contribution in [0.15, 0.2) is 52.3 Å². The highest BCUT2D eigenvalue weighted by atomic mass is 32.2. The zero-order valence-electron chi connectivity index (χ0n) is 17.7. The molecule has 3 rings (SSSR count). The molecule has 1 heterocycles. The van der Waals surface area contributed by atoms with Crippen LogP contribution in [0.4, 0.5) is 0 Å². The molecule has 1 fully saturated rings. The van der Waals surface area contributed by atoms with Crippen molar-refractivity contribution in [3.05, 3.63) is 42.5 Å². The molecule has 0 aromatic heterocycles.